The largest absolute Gasteiger partial charge is 0.271 e. The summed E-state index contributed by atoms with van der Waals surface area (Å²) in [6.45, 7) is 0. The number of hydrogen-bond donors (Lipinski definition) is 2. The van der Waals surface area contributed by atoms with Crippen molar-refractivity contribution >= 4 is 46.3 Å². The van der Waals surface area contributed by atoms with Gasteiger partial charge in [-0.3, -0.25) is 11.3 Å². The van der Waals surface area contributed by atoms with Crippen LogP contribution in [0.4, 0.5) is 0 Å². The Bertz CT molecular complexity index is 516. The maximum Gasteiger partial charge on any atom is 0.0662 e. The van der Waals surface area contributed by atoms with Crippen LogP contribution >= 0.6 is 46.3 Å². The van der Waals surface area contributed by atoms with Crippen molar-refractivity contribution in [3.05, 3.63) is 50.6 Å². The second-order valence-electron chi connectivity index (χ2n) is 3.62. The molecular formula is C12H12Cl2N2S2. The number of rotatable bonds is 5. The number of hydrazine groups is 1. The predicted octanol–water partition coefficient (Wildman–Crippen LogP) is 4.35. The molecule has 0 saturated heterocycles. The maximum atomic E-state index is 6.10. The van der Waals surface area contributed by atoms with Gasteiger partial charge in [-0.15, -0.1) is 23.1 Å². The van der Waals surface area contributed by atoms with E-state index in [2.05, 4.69) is 5.43 Å². The molecule has 1 aromatic carbocycles. The molecule has 2 aromatic rings. The molecule has 0 radical (unpaired) electrons. The average Bonchev–Trinajstić information content (AvgIpc) is 2.77. The first kappa shape index (κ1) is 14.2. The van der Waals surface area contributed by atoms with Crippen LogP contribution in [0.2, 0.25) is 10.0 Å². The van der Waals surface area contributed by atoms with E-state index in [0.717, 1.165) is 25.6 Å². The lowest BCUT2D eigenvalue weighted by Crippen LogP contribution is -2.29. The van der Waals surface area contributed by atoms with Crippen LogP contribution in [0.3, 0.4) is 0 Å². The van der Waals surface area contributed by atoms with Crippen LogP contribution in [0.1, 0.15) is 10.9 Å². The molecule has 1 aromatic heterocycles. The van der Waals surface area contributed by atoms with Crippen molar-refractivity contribution in [2.45, 2.75) is 10.9 Å². The van der Waals surface area contributed by atoms with Gasteiger partial charge in [0, 0.05) is 20.5 Å². The molecule has 0 bridgehead atoms. The van der Waals surface area contributed by atoms with Gasteiger partial charge in [0.1, 0.15) is 0 Å². The Labute approximate surface area is 124 Å². The van der Waals surface area contributed by atoms with Crippen LogP contribution in [-0.2, 0) is 0 Å². The quantitative estimate of drug-likeness (QED) is 0.489. The lowest BCUT2D eigenvalue weighted by molar-refractivity contribution is 0.620. The minimum absolute atomic E-state index is 0.0430. The lowest BCUT2D eigenvalue weighted by Gasteiger charge is -2.14. The molecule has 6 heteroatoms. The van der Waals surface area contributed by atoms with Crippen molar-refractivity contribution in [2.75, 3.05) is 5.75 Å². The van der Waals surface area contributed by atoms with Crippen LogP contribution in [0.5, 0.6) is 0 Å². The molecule has 0 amide bonds. The number of halogens is 2. The SMILES string of the molecule is NNC(CSc1cccc(Cl)c1)c1sccc1Cl. The zero-order chi connectivity index (χ0) is 13.0. The highest BCUT2D eigenvalue weighted by Crippen LogP contribution is 2.32. The van der Waals surface area contributed by atoms with Gasteiger partial charge >= 0.3 is 0 Å². The first-order valence-electron chi connectivity index (χ1n) is 5.28. The van der Waals surface area contributed by atoms with Gasteiger partial charge in [-0.25, -0.2) is 0 Å². The lowest BCUT2D eigenvalue weighted by atomic mass is 10.3. The van der Waals surface area contributed by atoms with Gasteiger partial charge in [0.05, 0.1) is 11.1 Å². The number of benzene rings is 1. The van der Waals surface area contributed by atoms with E-state index in [9.17, 15) is 0 Å². The van der Waals surface area contributed by atoms with E-state index < -0.39 is 0 Å². The van der Waals surface area contributed by atoms with Crippen LogP contribution in [0.15, 0.2) is 40.6 Å². The first-order chi connectivity index (χ1) is 8.70. The first-order valence-corrected chi connectivity index (χ1v) is 7.90. The Morgan fingerprint density at radius 1 is 1.33 bits per heavy atom. The van der Waals surface area contributed by atoms with Gasteiger partial charge in [-0.1, -0.05) is 29.3 Å². The molecule has 18 heavy (non-hydrogen) atoms. The van der Waals surface area contributed by atoms with Crippen molar-refractivity contribution in [2.24, 2.45) is 5.84 Å². The van der Waals surface area contributed by atoms with Gasteiger partial charge < -0.3 is 0 Å². The summed E-state index contributed by atoms with van der Waals surface area (Å²) in [6.07, 6.45) is 0. The van der Waals surface area contributed by atoms with Crippen molar-refractivity contribution in [1.29, 1.82) is 0 Å². The van der Waals surface area contributed by atoms with Crippen LogP contribution in [0.25, 0.3) is 0 Å². The average molecular weight is 319 g/mol. The van der Waals surface area contributed by atoms with Gasteiger partial charge in [0.2, 0.25) is 0 Å². The van der Waals surface area contributed by atoms with E-state index in [-0.39, 0.29) is 6.04 Å². The van der Waals surface area contributed by atoms with E-state index in [1.165, 1.54) is 0 Å². The molecule has 1 unspecified atom stereocenters. The predicted molar refractivity (Wildman–Crippen MR) is 81.6 cm³/mol. The van der Waals surface area contributed by atoms with Gasteiger partial charge in [-0.05, 0) is 29.6 Å². The van der Waals surface area contributed by atoms with Crippen molar-refractivity contribution in [3.63, 3.8) is 0 Å². The Hall–Kier alpha value is -0.230. The Morgan fingerprint density at radius 3 is 2.78 bits per heavy atom. The zero-order valence-electron chi connectivity index (χ0n) is 9.40. The number of nitrogens with two attached hydrogens (primary N) is 1. The second kappa shape index (κ2) is 6.80. The molecule has 0 aliphatic rings. The molecular weight excluding hydrogens is 307 g/mol. The van der Waals surface area contributed by atoms with Crippen molar-refractivity contribution < 1.29 is 0 Å². The molecule has 2 nitrogen and oxygen atoms in total. The third-order valence-electron chi connectivity index (χ3n) is 2.38. The van der Waals surface area contributed by atoms with Crippen molar-refractivity contribution in [1.82, 2.24) is 5.43 Å². The molecule has 0 aliphatic heterocycles. The fourth-order valence-corrected chi connectivity index (χ4v) is 4.11. The number of hydrogen-bond acceptors (Lipinski definition) is 4. The Morgan fingerprint density at radius 2 is 2.17 bits per heavy atom. The summed E-state index contributed by atoms with van der Waals surface area (Å²) in [5.41, 5.74) is 2.80. The molecule has 0 spiro atoms. The van der Waals surface area contributed by atoms with Crippen molar-refractivity contribution in [3.8, 4) is 0 Å². The number of thioether (sulfide) groups is 1. The molecule has 96 valence electrons. The second-order valence-corrected chi connectivity index (χ2v) is 6.51. The standard InChI is InChI=1S/C12H12Cl2N2S2/c13-8-2-1-3-9(6-8)18-7-11(16-15)12-10(14)4-5-17-12/h1-6,11,16H,7,15H2. The molecule has 2 rings (SSSR count). The zero-order valence-corrected chi connectivity index (χ0v) is 12.5. The van der Waals surface area contributed by atoms with Crippen LogP contribution in [-0.4, -0.2) is 5.75 Å². The third-order valence-corrected chi connectivity index (χ3v) is 5.17. The van der Waals surface area contributed by atoms with Crippen LogP contribution in [0, 0.1) is 0 Å². The van der Waals surface area contributed by atoms with E-state index in [1.807, 2.05) is 35.7 Å². The monoisotopic (exact) mass is 318 g/mol. The molecule has 0 saturated carbocycles. The van der Waals surface area contributed by atoms with E-state index >= 15 is 0 Å². The molecule has 1 heterocycles. The smallest absolute Gasteiger partial charge is 0.0662 e. The van der Waals surface area contributed by atoms with Crippen LogP contribution < -0.4 is 11.3 Å². The molecule has 1 atom stereocenters. The fraction of sp³-hybridized carbons (Fsp3) is 0.167. The van der Waals surface area contributed by atoms with E-state index in [0.29, 0.717) is 0 Å². The topological polar surface area (TPSA) is 38.0 Å². The summed E-state index contributed by atoms with van der Waals surface area (Å²) in [6, 6.07) is 9.70. The third kappa shape index (κ3) is 3.63. The van der Waals surface area contributed by atoms with E-state index in [1.54, 1.807) is 23.1 Å². The highest BCUT2D eigenvalue weighted by molar-refractivity contribution is 7.99. The maximum absolute atomic E-state index is 6.10. The summed E-state index contributed by atoms with van der Waals surface area (Å²) >= 11 is 15.4. The van der Waals surface area contributed by atoms with Gasteiger partial charge in [-0.2, -0.15) is 0 Å². The summed E-state index contributed by atoms with van der Waals surface area (Å²) in [4.78, 5) is 2.18. The highest BCUT2D eigenvalue weighted by atomic mass is 35.5. The number of thiophene rings is 1. The molecule has 3 N–H and O–H groups in total. The minimum Gasteiger partial charge on any atom is -0.271 e. The normalized spacial score (nSPS) is 12.6. The molecule has 0 aliphatic carbocycles. The summed E-state index contributed by atoms with van der Waals surface area (Å²) < 4.78 is 0. The number of nitrogens with one attached hydrogen (secondary N) is 1. The van der Waals surface area contributed by atoms with E-state index in [4.69, 9.17) is 29.0 Å². The molecule has 0 fully saturated rings. The fourth-order valence-electron chi connectivity index (χ4n) is 1.49. The van der Waals surface area contributed by atoms with Gasteiger partial charge in [0.15, 0.2) is 0 Å². The minimum atomic E-state index is 0.0430. The summed E-state index contributed by atoms with van der Waals surface area (Å²) in [5.74, 6) is 6.39. The highest BCUT2D eigenvalue weighted by Gasteiger charge is 2.15. The van der Waals surface area contributed by atoms with Gasteiger partial charge in [0.25, 0.3) is 0 Å². The Balaban J connectivity index is 2.02. The summed E-state index contributed by atoms with van der Waals surface area (Å²) in [7, 11) is 0. The summed E-state index contributed by atoms with van der Waals surface area (Å²) in [5, 5.41) is 3.47. The Kier molecular flexibility index (Phi) is 5.36.